The van der Waals surface area contributed by atoms with Crippen molar-refractivity contribution >= 4 is 17.7 Å². The number of thioether (sulfide) groups is 1. The Labute approximate surface area is 65.2 Å². The minimum Gasteiger partial charge on any atom is -0.390 e. The van der Waals surface area contributed by atoms with Crippen LogP contribution in [0, 0.1) is 0 Å². The first-order valence-corrected chi connectivity index (χ1v) is 4.55. The molecule has 1 heterocycles. The molecule has 58 valence electrons. The Morgan fingerprint density at radius 3 is 2.80 bits per heavy atom. The minimum atomic E-state index is -0.231. The van der Waals surface area contributed by atoms with Gasteiger partial charge in [-0.2, -0.15) is 11.8 Å². The second-order valence-electron chi connectivity index (χ2n) is 2.70. The molecule has 3 nitrogen and oxygen atoms in total. The van der Waals surface area contributed by atoms with Gasteiger partial charge in [-0.3, -0.25) is 0 Å². The van der Waals surface area contributed by atoms with Crippen LogP contribution >= 0.6 is 11.8 Å². The first kappa shape index (κ1) is 7.88. The minimum absolute atomic E-state index is 0.231. The average Bonchev–Trinajstić information content (AvgIpc) is 2.12. The summed E-state index contributed by atoms with van der Waals surface area (Å²) in [5.41, 5.74) is 2.58. The van der Waals surface area contributed by atoms with Gasteiger partial charge in [0.05, 0.1) is 5.75 Å². The van der Waals surface area contributed by atoms with E-state index >= 15 is 0 Å². The maximum atomic E-state index is 5.09. The van der Waals surface area contributed by atoms with Gasteiger partial charge in [0.25, 0.3) is 0 Å². The van der Waals surface area contributed by atoms with Crippen molar-refractivity contribution in [1.29, 1.82) is 0 Å². The van der Waals surface area contributed by atoms with Gasteiger partial charge in [-0.1, -0.05) is 0 Å². The number of rotatable bonds is 2. The molecule has 0 radical (unpaired) electrons. The number of nitrogens with one attached hydrogen (secondary N) is 1. The molecule has 4 heteroatoms. The van der Waals surface area contributed by atoms with Crippen LogP contribution in [-0.4, -0.2) is 23.6 Å². The fourth-order valence-electron chi connectivity index (χ4n) is 0.726. The van der Waals surface area contributed by atoms with E-state index in [9.17, 15) is 0 Å². The summed E-state index contributed by atoms with van der Waals surface area (Å²) in [7, 11) is 0. The van der Waals surface area contributed by atoms with Crippen molar-refractivity contribution in [3.05, 3.63) is 0 Å². The molecule has 10 heavy (non-hydrogen) atoms. The summed E-state index contributed by atoms with van der Waals surface area (Å²) < 4.78 is 0. The first-order valence-electron chi connectivity index (χ1n) is 3.16. The molecule has 0 aromatic rings. The molecule has 0 amide bonds. The fraction of sp³-hybridized carbons (Fsp3) is 0.833. The van der Waals surface area contributed by atoms with Crippen molar-refractivity contribution in [2.24, 2.45) is 4.99 Å². The van der Waals surface area contributed by atoms with Gasteiger partial charge >= 0.3 is 0 Å². The van der Waals surface area contributed by atoms with Crippen LogP contribution in [0.1, 0.15) is 13.8 Å². The van der Waals surface area contributed by atoms with Gasteiger partial charge in [-0.05, 0) is 20.1 Å². The predicted molar refractivity (Wildman–Crippen MR) is 44.1 cm³/mol. The van der Waals surface area contributed by atoms with Gasteiger partial charge in [-0.15, -0.1) is 5.48 Å². The first-order chi connectivity index (χ1) is 4.64. The molecule has 0 aromatic carbocycles. The van der Waals surface area contributed by atoms with Crippen LogP contribution in [0.3, 0.4) is 0 Å². The van der Waals surface area contributed by atoms with Gasteiger partial charge in [-0.25, -0.2) is 4.99 Å². The lowest BCUT2D eigenvalue weighted by Gasteiger charge is -2.09. The zero-order valence-corrected chi connectivity index (χ0v) is 7.29. The molecular weight excluding hydrogens is 148 g/mol. The van der Waals surface area contributed by atoms with Crippen molar-refractivity contribution in [2.75, 3.05) is 12.0 Å². The topological polar surface area (TPSA) is 33.6 Å². The largest absolute Gasteiger partial charge is 0.390 e. The van der Waals surface area contributed by atoms with Crippen LogP contribution in [0.15, 0.2) is 4.99 Å². The summed E-state index contributed by atoms with van der Waals surface area (Å²) in [6.07, 6.45) is 2.02. The molecular formula is C6H12N2OS. The monoisotopic (exact) mass is 160 g/mol. The standard InChI is InChI=1S/C6H12N2OS/c1-6(2)7-5(4-10-3)9-8-6/h8H,4H2,1-3H3. The Bertz CT molecular complexity index is 156. The average molecular weight is 160 g/mol. The Hall–Kier alpha value is -0.220. The van der Waals surface area contributed by atoms with Crippen molar-refractivity contribution in [1.82, 2.24) is 5.48 Å². The van der Waals surface area contributed by atoms with E-state index in [1.807, 2.05) is 20.1 Å². The smallest absolute Gasteiger partial charge is 0.221 e. The lowest BCUT2D eigenvalue weighted by molar-refractivity contribution is 0.139. The summed E-state index contributed by atoms with van der Waals surface area (Å²) in [6, 6.07) is 0. The Kier molecular flexibility index (Phi) is 2.21. The molecule has 0 aromatic heterocycles. The van der Waals surface area contributed by atoms with Gasteiger partial charge in [0.1, 0.15) is 5.66 Å². The number of aliphatic imine (C=N–C) groups is 1. The van der Waals surface area contributed by atoms with Crippen LogP contribution < -0.4 is 5.48 Å². The summed E-state index contributed by atoms with van der Waals surface area (Å²) in [5.74, 6) is 1.63. The van der Waals surface area contributed by atoms with Gasteiger partial charge < -0.3 is 4.84 Å². The van der Waals surface area contributed by atoms with Crippen LogP contribution in [0.5, 0.6) is 0 Å². The molecule has 1 aliphatic heterocycles. The SMILES string of the molecule is CSCC1=NC(C)(C)NO1. The highest BCUT2D eigenvalue weighted by atomic mass is 32.2. The molecule has 0 fully saturated rings. The number of hydrogen-bond acceptors (Lipinski definition) is 4. The lowest BCUT2D eigenvalue weighted by atomic mass is 10.3. The maximum Gasteiger partial charge on any atom is 0.221 e. The Morgan fingerprint density at radius 1 is 1.70 bits per heavy atom. The number of nitrogens with zero attached hydrogens (tertiary/aromatic N) is 1. The highest BCUT2D eigenvalue weighted by molar-refractivity contribution is 7.99. The maximum absolute atomic E-state index is 5.09. The van der Waals surface area contributed by atoms with E-state index in [4.69, 9.17) is 4.84 Å². The fourth-order valence-corrected chi connectivity index (χ4v) is 1.10. The number of hydroxylamine groups is 1. The highest BCUT2D eigenvalue weighted by Crippen LogP contribution is 2.12. The van der Waals surface area contributed by atoms with Crippen molar-refractivity contribution < 1.29 is 4.84 Å². The second-order valence-corrected chi connectivity index (χ2v) is 3.57. The third kappa shape index (κ3) is 1.88. The van der Waals surface area contributed by atoms with E-state index in [0.717, 1.165) is 11.7 Å². The molecule has 1 rings (SSSR count). The molecule has 0 bridgehead atoms. The molecule has 1 N–H and O–H groups in total. The van der Waals surface area contributed by atoms with E-state index in [0.29, 0.717) is 0 Å². The van der Waals surface area contributed by atoms with Crippen LogP contribution in [0.25, 0.3) is 0 Å². The number of hydrogen-bond donors (Lipinski definition) is 1. The van der Waals surface area contributed by atoms with E-state index in [-0.39, 0.29) is 5.66 Å². The Balaban J connectivity index is 2.49. The molecule has 0 saturated carbocycles. The molecule has 0 spiro atoms. The Morgan fingerprint density at radius 2 is 2.40 bits per heavy atom. The van der Waals surface area contributed by atoms with Crippen LogP contribution in [-0.2, 0) is 4.84 Å². The van der Waals surface area contributed by atoms with Crippen LogP contribution in [0.4, 0.5) is 0 Å². The molecule has 0 saturated heterocycles. The molecule has 0 unspecified atom stereocenters. The van der Waals surface area contributed by atoms with E-state index < -0.39 is 0 Å². The van der Waals surface area contributed by atoms with Crippen molar-refractivity contribution in [2.45, 2.75) is 19.5 Å². The zero-order valence-electron chi connectivity index (χ0n) is 6.47. The molecule has 0 atom stereocenters. The van der Waals surface area contributed by atoms with E-state index in [1.165, 1.54) is 0 Å². The highest BCUT2D eigenvalue weighted by Gasteiger charge is 2.24. The summed E-state index contributed by atoms with van der Waals surface area (Å²) >= 11 is 1.70. The summed E-state index contributed by atoms with van der Waals surface area (Å²) in [4.78, 5) is 9.36. The molecule has 0 aliphatic carbocycles. The van der Waals surface area contributed by atoms with Crippen molar-refractivity contribution in [3.8, 4) is 0 Å². The van der Waals surface area contributed by atoms with Crippen molar-refractivity contribution in [3.63, 3.8) is 0 Å². The predicted octanol–water partition coefficient (Wildman–Crippen LogP) is 1.02. The zero-order chi connectivity index (χ0) is 7.61. The second kappa shape index (κ2) is 2.80. The van der Waals surface area contributed by atoms with Gasteiger partial charge in [0, 0.05) is 0 Å². The third-order valence-corrected chi connectivity index (χ3v) is 1.63. The molecule has 1 aliphatic rings. The van der Waals surface area contributed by atoms with Crippen LogP contribution in [0.2, 0.25) is 0 Å². The van der Waals surface area contributed by atoms with Gasteiger partial charge in [0.2, 0.25) is 5.90 Å². The normalized spacial score (nSPS) is 22.1. The van der Waals surface area contributed by atoms with E-state index in [2.05, 4.69) is 10.5 Å². The lowest BCUT2D eigenvalue weighted by Crippen LogP contribution is -2.31. The van der Waals surface area contributed by atoms with Gasteiger partial charge in [0.15, 0.2) is 0 Å². The quantitative estimate of drug-likeness (QED) is 0.654. The summed E-state index contributed by atoms with van der Waals surface area (Å²) in [6.45, 7) is 3.95. The summed E-state index contributed by atoms with van der Waals surface area (Å²) in [5, 5.41) is 0. The van der Waals surface area contributed by atoms with E-state index in [1.54, 1.807) is 11.8 Å². The third-order valence-electron chi connectivity index (χ3n) is 1.09.